The Kier molecular flexibility index (Phi) is 3.37. The lowest BCUT2D eigenvalue weighted by Crippen LogP contribution is -2.01. The third-order valence-corrected chi connectivity index (χ3v) is 3.29. The molecule has 0 aliphatic rings. The second-order valence-electron chi connectivity index (χ2n) is 4.65. The first kappa shape index (κ1) is 13.3. The van der Waals surface area contributed by atoms with Crippen molar-refractivity contribution >= 4 is 5.82 Å². The van der Waals surface area contributed by atoms with E-state index in [1.807, 2.05) is 37.3 Å². The molecule has 3 aromatic rings. The molecule has 106 valence electrons. The highest BCUT2D eigenvalue weighted by atomic mass is 16.3. The number of aliphatic hydroxyl groups is 1. The van der Waals surface area contributed by atoms with Crippen LogP contribution in [0.1, 0.15) is 11.4 Å². The third kappa shape index (κ3) is 2.36. The zero-order chi connectivity index (χ0) is 14.8. The van der Waals surface area contributed by atoms with Gasteiger partial charge in [0.1, 0.15) is 18.1 Å². The monoisotopic (exact) mass is 281 g/mol. The molecule has 3 N–H and O–H groups in total. The van der Waals surface area contributed by atoms with Crippen molar-refractivity contribution in [2.24, 2.45) is 0 Å². The zero-order valence-electron chi connectivity index (χ0n) is 11.6. The van der Waals surface area contributed by atoms with Crippen molar-refractivity contribution in [3.8, 4) is 16.9 Å². The molecule has 3 rings (SSSR count). The van der Waals surface area contributed by atoms with Crippen molar-refractivity contribution in [3.05, 3.63) is 54.1 Å². The number of benzene rings is 1. The second-order valence-corrected chi connectivity index (χ2v) is 4.65. The van der Waals surface area contributed by atoms with Crippen LogP contribution in [0, 0.1) is 6.92 Å². The van der Waals surface area contributed by atoms with E-state index in [1.54, 1.807) is 17.1 Å². The molecule has 1 aromatic carbocycles. The molecule has 0 amide bonds. The third-order valence-electron chi connectivity index (χ3n) is 3.29. The van der Waals surface area contributed by atoms with E-state index >= 15 is 0 Å². The maximum absolute atomic E-state index is 8.99. The van der Waals surface area contributed by atoms with Gasteiger partial charge in [-0.05, 0) is 19.1 Å². The van der Waals surface area contributed by atoms with Crippen LogP contribution in [0.2, 0.25) is 0 Å². The van der Waals surface area contributed by atoms with Crippen molar-refractivity contribution in [2.75, 3.05) is 5.73 Å². The second kappa shape index (κ2) is 5.34. The number of para-hydroxylation sites is 1. The highest BCUT2D eigenvalue weighted by Crippen LogP contribution is 2.27. The van der Waals surface area contributed by atoms with E-state index in [0.717, 1.165) is 22.5 Å². The first-order chi connectivity index (χ1) is 10.2. The summed E-state index contributed by atoms with van der Waals surface area (Å²) in [4.78, 5) is 8.15. The first-order valence-electron chi connectivity index (χ1n) is 6.53. The van der Waals surface area contributed by atoms with Crippen molar-refractivity contribution in [2.45, 2.75) is 13.5 Å². The maximum atomic E-state index is 8.99. The fourth-order valence-electron chi connectivity index (χ4n) is 2.11. The summed E-state index contributed by atoms with van der Waals surface area (Å²) in [5.41, 5.74) is 9.43. The Labute approximate surface area is 121 Å². The first-order valence-corrected chi connectivity index (χ1v) is 6.53. The summed E-state index contributed by atoms with van der Waals surface area (Å²) in [6.45, 7) is 1.73. The van der Waals surface area contributed by atoms with Crippen molar-refractivity contribution in [1.82, 2.24) is 19.7 Å². The van der Waals surface area contributed by atoms with Gasteiger partial charge in [-0.2, -0.15) is 5.10 Å². The van der Waals surface area contributed by atoms with E-state index in [9.17, 15) is 0 Å². The SMILES string of the molecule is Cc1c(-c2cnc(CO)nc2)nn(-c2ccccc2)c1N. The van der Waals surface area contributed by atoms with Crippen molar-refractivity contribution in [3.63, 3.8) is 0 Å². The molecule has 0 bridgehead atoms. The van der Waals surface area contributed by atoms with Gasteiger partial charge in [-0.3, -0.25) is 0 Å². The molecule has 0 spiro atoms. The summed E-state index contributed by atoms with van der Waals surface area (Å²) in [5.74, 6) is 0.967. The molecule has 0 unspecified atom stereocenters. The number of aromatic nitrogens is 4. The lowest BCUT2D eigenvalue weighted by Gasteiger charge is -2.02. The van der Waals surface area contributed by atoms with Gasteiger partial charge in [0.05, 0.1) is 5.69 Å². The van der Waals surface area contributed by atoms with Gasteiger partial charge >= 0.3 is 0 Å². The number of hydrogen-bond acceptors (Lipinski definition) is 5. The summed E-state index contributed by atoms with van der Waals surface area (Å²) in [6.07, 6.45) is 3.28. The molecule has 0 fully saturated rings. The van der Waals surface area contributed by atoms with Crippen LogP contribution in [0.4, 0.5) is 5.82 Å². The molecule has 0 saturated carbocycles. The summed E-state index contributed by atoms with van der Waals surface area (Å²) >= 11 is 0. The summed E-state index contributed by atoms with van der Waals surface area (Å²) in [7, 11) is 0. The van der Waals surface area contributed by atoms with Crippen molar-refractivity contribution in [1.29, 1.82) is 0 Å². The van der Waals surface area contributed by atoms with Crippen LogP contribution in [0.3, 0.4) is 0 Å². The summed E-state index contributed by atoms with van der Waals surface area (Å²) in [6, 6.07) is 9.70. The molecule has 0 aliphatic carbocycles. The Hall–Kier alpha value is -2.73. The Morgan fingerprint density at radius 2 is 1.81 bits per heavy atom. The van der Waals surface area contributed by atoms with Crippen LogP contribution in [-0.4, -0.2) is 24.9 Å². The molecule has 0 aliphatic heterocycles. The molecule has 2 heterocycles. The molecular weight excluding hydrogens is 266 g/mol. The smallest absolute Gasteiger partial charge is 0.153 e. The fourth-order valence-corrected chi connectivity index (χ4v) is 2.11. The number of hydrogen-bond donors (Lipinski definition) is 2. The summed E-state index contributed by atoms with van der Waals surface area (Å²) in [5, 5.41) is 13.5. The molecule has 6 nitrogen and oxygen atoms in total. The van der Waals surface area contributed by atoms with E-state index < -0.39 is 0 Å². The average Bonchev–Trinajstić information content (AvgIpc) is 2.84. The molecule has 0 atom stereocenters. The largest absolute Gasteiger partial charge is 0.388 e. The normalized spacial score (nSPS) is 10.8. The van der Waals surface area contributed by atoms with E-state index in [1.165, 1.54) is 0 Å². The van der Waals surface area contributed by atoms with Gasteiger partial charge in [0.25, 0.3) is 0 Å². The van der Waals surface area contributed by atoms with Gasteiger partial charge < -0.3 is 10.8 Å². The lowest BCUT2D eigenvalue weighted by atomic mass is 10.1. The predicted octanol–water partition coefficient (Wildman–Crippen LogP) is 1.71. The molecular formula is C15H15N5O. The van der Waals surface area contributed by atoms with Crippen LogP contribution in [0.5, 0.6) is 0 Å². The van der Waals surface area contributed by atoms with E-state index in [-0.39, 0.29) is 6.61 Å². The maximum Gasteiger partial charge on any atom is 0.153 e. The van der Waals surface area contributed by atoms with Gasteiger partial charge in [0.2, 0.25) is 0 Å². The van der Waals surface area contributed by atoms with Gasteiger partial charge in [-0.15, -0.1) is 0 Å². The van der Waals surface area contributed by atoms with Crippen LogP contribution < -0.4 is 5.73 Å². The molecule has 2 aromatic heterocycles. The fraction of sp³-hybridized carbons (Fsp3) is 0.133. The quantitative estimate of drug-likeness (QED) is 0.762. The highest BCUT2D eigenvalue weighted by Gasteiger charge is 2.15. The number of nitrogens with zero attached hydrogens (tertiary/aromatic N) is 4. The number of rotatable bonds is 3. The van der Waals surface area contributed by atoms with Gasteiger partial charge in [-0.1, -0.05) is 18.2 Å². The minimum Gasteiger partial charge on any atom is -0.388 e. The molecule has 6 heteroatoms. The van der Waals surface area contributed by atoms with Gasteiger partial charge in [0.15, 0.2) is 5.82 Å². The average molecular weight is 281 g/mol. The van der Waals surface area contributed by atoms with E-state index in [0.29, 0.717) is 11.6 Å². The number of nitrogen functional groups attached to an aromatic ring is 1. The van der Waals surface area contributed by atoms with E-state index in [4.69, 9.17) is 10.8 Å². The van der Waals surface area contributed by atoms with Gasteiger partial charge in [0, 0.05) is 23.5 Å². The Balaban J connectivity index is 2.08. The number of nitrogens with two attached hydrogens (primary N) is 1. The van der Waals surface area contributed by atoms with Crippen LogP contribution in [0.15, 0.2) is 42.7 Å². The lowest BCUT2D eigenvalue weighted by molar-refractivity contribution is 0.271. The topological polar surface area (TPSA) is 89.9 Å². The predicted molar refractivity (Wildman–Crippen MR) is 79.7 cm³/mol. The molecule has 0 saturated heterocycles. The van der Waals surface area contributed by atoms with Gasteiger partial charge in [-0.25, -0.2) is 14.6 Å². The highest BCUT2D eigenvalue weighted by molar-refractivity contribution is 5.68. The van der Waals surface area contributed by atoms with Crippen molar-refractivity contribution < 1.29 is 5.11 Å². The summed E-state index contributed by atoms with van der Waals surface area (Å²) < 4.78 is 1.70. The Bertz CT molecular complexity index is 750. The van der Waals surface area contributed by atoms with Crippen LogP contribution in [0.25, 0.3) is 16.9 Å². The Morgan fingerprint density at radius 1 is 1.14 bits per heavy atom. The number of anilines is 1. The minimum atomic E-state index is -0.181. The number of aliphatic hydroxyl groups excluding tert-OH is 1. The minimum absolute atomic E-state index is 0.181. The Morgan fingerprint density at radius 3 is 2.43 bits per heavy atom. The standard InChI is InChI=1S/C15H15N5O/c1-10-14(11-7-17-13(9-21)18-8-11)19-20(15(10)16)12-5-3-2-4-6-12/h2-8,21H,9,16H2,1H3. The molecule has 0 radical (unpaired) electrons. The van der Waals surface area contributed by atoms with E-state index in [2.05, 4.69) is 15.1 Å². The van der Waals surface area contributed by atoms with Crippen LogP contribution >= 0.6 is 0 Å². The zero-order valence-corrected chi connectivity index (χ0v) is 11.6. The van der Waals surface area contributed by atoms with Crippen LogP contribution in [-0.2, 0) is 6.61 Å². The molecule has 21 heavy (non-hydrogen) atoms.